The third-order valence-electron chi connectivity index (χ3n) is 5.60. The Hall–Kier alpha value is -3.13. The summed E-state index contributed by atoms with van der Waals surface area (Å²) in [6.45, 7) is 2.86. The van der Waals surface area contributed by atoms with Crippen molar-refractivity contribution >= 4 is 11.8 Å². The molecule has 1 N–H and O–H groups in total. The van der Waals surface area contributed by atoms with E-state index in [9.17, 15) is 14.9 Å². The molecule has 2 aliphatic rings. The topological polar surface area (TPSA) is 73.2 Å². The zero-order valence-corrected chi connectivity index (χ0v) is 15.2. The van der Waals surface area contributed by atoms with Gasteiger partial charge in [-0.2, -0.15) is 5.26 Å². The summed E-state index contributed by atoms with van der Waals surface area (Å²) < 4.78 is 0. The fraction of sp³-hybridized carbons (Fsp3) is 0.318. The van der Waals surface area contributed by atoms with Crippen molar-refractivity contribution in [2.75, 3.05) is 13.1 Å². The largest absolute Gasteiger partial charge is 0.352 e. The number of aryl methyl sites for hydroxylation is 1. The summed E-state index contributed by atoms with van der Waals surface area (Å²) in [7, 11) is 0. The third-order valence-corrected chi connectivity index (χ3v) is 5.60. The lowest BCUT2D eigenvalue weighted by Crippen LogP contribution is -2.52. The van der Waals surface area contributed by atoms with Gasteiger partial charge in [0, 0.05) is 18.7 Å². The average molecular weight is 359 g/mol. The molecule has 0 spiro atoms. The number of hydrogen-bond donors (Lipinski definition) is 1. The lowest BCUT2D eigenvalue weighted by atomic mass is 9.95. The van der Waals surface area contributed by atoms with Crippen molar-refractivity contribution in [3.8, 4) is 6.07 Å². The second-order valence-electron chi connectivity index (χ2n) is 7.32. The monoisotopic (exact) mass is 359 g/mol. The number of carbonyl (C=O) groups excluding carboxylic acids is 2. The molecule has 1 aliphatic heterocycles. The van der Waals surface area contributed by atoms with Crippen LogP contribution in [0.5, 0.6) is 0 Å². The number of piperazine rings is 1. The van der Waals surface area contributed by atoms with Crippen molar-refractivity contribution in [1.29, 1.82) is 5.26 Å². The Bertz CT molecular complexity index is 939. The molecule has 0 bridgehead atoms. The molecule has 0 aromatic heterocycles. The molecule has 2 fully saturated rings. The molecule has 1 unspecified atom stereocenters. The number of nitriles is 1. The van der Waals surface area contributed by atoms with E-state index in [0.717, 1.165) is 29.5 Å². The average Bonchev–Trinajstić information content (AvgIpc) is 3.49. The molecule has 27 heavy (non-hydrogen) atoms. The number of amides is 2. The molecule has 5 nitrogen and oxygen atoms in total. The van der Waals surface area contributed by atoms with Gasteiger partial charge in [-0.1, -0.05) is 36.4 Å². The summed E-state index contributed by atoms with van der Waals surface area (Å²) in [5.74, 6) is -0.312. The third kappa shape index (κ3) is 2.97. The van der Waals surface area contributed by atoms with Crippen molar-refractivity contribution in [3.63, 3.8) is 0 Å². The highest BCUT2D eigenvalue weighted by atomic mass is 16.2. The van der Waals surface area contributed by atoms with Crippen LogP contribution in [0.3, 0.4) is 0 Å². The van der Waals surface area contributed by atoms with E-state index in [1.165, 1.54) is 0 Å². The summed E-state index contributed by atoms with van der Waals surface area (Å²) in [4.78, 5) is 27.4. The van der Waals surface area contributed by atoms with Crippen LogP contribution in [-0.2, 0) is 10.2 Å². The molecule has 1 atom stereocenters. The fourth-order valence-electron chi connectivity index (χ4n) is 3.78. The van der Waals surface area contributed by atoms with Crippen LogP contribution in [-0.4, -0.2) is 29.8 Å². The quantitative estimate of drug-likeness (QED) is 0.916. The van der Waals surface area contributed by atoms with Gasteiger partial charge in [0.05, 0.1) is 11.5 Å². The van der Waals surface area contributed by atoms with E-state index in [-0.39, 0.29) is 17.2 Å². The Morgan fingerprint density at radius 3 is 2.52 bits per heavy atom. The first-order chi connectivity index (χ1) is 13.1. The molecule has 2 aromatic carbocycles. The van der Waals surface area contributed by atoms with Gasteiger partial charge in [0.25, 0.3) is 5.91 Å². The van der Waals surface area contributed by atoms with E-state index in [1.807, 2.05) is 43.3 Å². The van der Waals surface area contributed by atoms with Crippen LogP contribution in [0.4, 0.5) is 0 Å². The van der Waals surface area contributed by atoms with Gasteiger partial charge in [-0.3, -0.25) is 9.59 Å². The summed E-state index contributed by atoms with van der Waals surface area (Å²) in [6, 6.07) is 16.7. The Morgan fingerprint density at radius 1 is 1.19 bits per heavy atom. The van der Waals surface area contributed by atoms with E-state index >= 15 is 0 Å². The van der Waals surface area contributed by atoms with Crippen LogP contribution >= 0.6 is 0 Å². The van der Waals surface area contributed by atoms with E-state index < -0.39 is 6.04 Å². The molecule has 2 aromatic rings. The highest BCUT2D eigenvalue weighted by Gasteiger charge is 2.45. The minimum atomic E-state index is -0.624. The van der Waals surface area contributed by atoms with Crippen molar-refractivity contribution in [1.82, 2.24) is 10.2 Å². The maximum Gasteiger partial charge on any atom is 0.254 e. The maximum atomic E-state index is 13.2. The van der Waals surface area contributed by atoms with Crippen molar-refractivity contribution in [2.24, 2.45) is 0 Å². The Morgan fingerprint density at radius 2 is 1.89 bits per heavy atom. The molecule has 2 amide bonds. The van der Waals surface area contributed by atoms with Gasteiger partial charge in [-0.25, -0.2) is 0 Å². The van der Waals surface area contributed by atoms with Gasteiger partial charge >= 0.3 is 0 Å². The van der Waals surface area contributed by atoms with Crippen molar-refractivity contribution in [3.05, 3.63) is 70.8 Å². The standard InChI is InChI=1S/C22H21N3O2/c1-15-4-2-3-5-18(15)19-20(26)24-12-13-25(19)21(27)16-6-8-17(9-7-16)22(14-23)10-11-22/h2-9,19H,10-13H2,1H3,(H,24,26). The minimum Gasteiger partial charge on any atom is -0.352 e. The van der Waals surface area contributed by atoms with Crippen molar-refractivity contribution < 1.29 is 9.59 Å². The predicted molar refractivity (Wildman–Crippen MR) is 101 cm³/mol. The maximum absolute atomic E-state index is 13.2. The number of rotatable bonds is 3. The van der Waals surface area contributed by atoms with E-state index in [0.29, 0.717) is 18.7 Å². The second-order valence-corrected chi connectivity index (χ2v) is 7.32. The minimum absolute atomic E-state index is 0.151. The van der Waals surface area contributed by atoms with Gasteiger partial charge in [0.15, 0.2) is 0 Å². The molecule has 1 heterocycles. The fourth-order valence-corrected chi connectivity index (χ4v) is 3.78. The summed E-state index contributed by atoms with van der Waals surface area (Å²) in [5, 5.41) is 12.2. The Labute approximate surface area is 158 Å². The summed E-state index contributed by atoms with van der Waals surface area (Å²) >= 11 is 0. The Balaban J connectivity index is 1.64. The van der Waals surface area contributed by atoms with E-state index in [2.05, 4.69) is 11.4 Å². The summed E-state index contributed by atoms with van der Waals surface area (Å²) in [5.41, 5.74) is 2.98. The number of nitrogens with zero attached hydrogens (tertiary/aromatic N) is 2. The van der Waals surface area contributed by atoms with Crippen LogP contribution < -0.4 is 5.32 Å². The summed E-state index contributed by atoms with van der Waals surface area (Å²) in [6.07, 6.45) is 1.75. The van der Waals surface area contributed by atoms with Crippen LogP contribution in [0.2, 0.25) is 0 Å². The lowest BCUT2D eigenvalue weighted by molar-refractivity contribution is -0.128. The van der Waals surface area contributed by atoms with Crippen LogP contribution in [0.1, 0.15) is 45.9 Å². The lowest BCUT2D eigenvalue weighted by Gasteiger charge is -2.36. The SMILES string of the molecule is Cc1ccccc1C1C(=O)NCCN1C(=O)c1ccc(C2(C#N)CC2)cc1. The normalized spacial score (nSPS) is 20.5. The van der Waals surface area contributed by atoms with E-state index in [4.69, 9.17) is 0 Å². The molecule has 136 valence electrons. The smallest absolute Gasteiger partial charge is 0.254 e. The van der Waals surface area contributed by atoms with Gasteiger partial charge in [-0.15, -0.1) is 0 Å². The number of nitrogens with one attached hydrogen (secondary N) is 1. The molecular weight excluding hydrogens is 338 g/mol. The first-order valence-corrected chi connectivity index (χ1v) is 9.22. The zero-order chi connectivity index (χ0) is 19.0. The first kappa shape index (κ1) is 17.3. The molecule has 1 saturated carbocycles. The molecule has 1 aliphatic carbocycles. The predicted octanol–water partition coefficient (Wildman–Crippen LogP) is 2.86. The van der Waals surface area contributed by atoms with Gasteiger partial charge < -0.3 is 10.2 Å². The molecule has 5 heteroatoms. The van der Waals surface area contributed by atoms with Gasteiger partial charge in [0.1, 0.15) is 6.04 Å². The molecule has 4 rings (SSSR count). The highest BCUT2D eigenvalue weighted by molar-refractivity contribution is 5.98. The number of hydrogen-bond acceptors (Lipinski definition) is 3. The second kappa shape index (κ2) is 6.55. The molecule has 0 radical (unpaired) electrons. The van der Waals surface area contributed by atoms with Crippen LogP contribution in [0.15, 0.2) is 48.5 Å². The van der Waals surface area contributed by atoms with Gasteiger partial charge in [0.2, 0.25) is 5.91 Å². The van der Waals surface area contributed by atoms with E-state index in [1.54, 1.807) is 17.0 Å². The van der Waals surface area contributed by atoms with Gasteiger partial charge in [-0.05, 0) is 48.6 Å². The first-order valence-electron chi connectivity index (χ1n) is 9.22. The Kier molecular flexibility index (Phi) is 4.19. The number of benzene rings is 2. The zero-order valence-electron chi connectivity index (χ0n) is 15.2. The highest BCUT2D eigenvalue weighted by Crippen LogP contribution is 2.47. The van der Waals surface area contributed by atoms with Crippen LogP contribution in [0, 0.1) is 18.3 Å². The van der Waals surface area contributed by atoms with Crippen LogP contribution in [0.25, 0.3) is 0 Å². The molecular formula is C22H21N3O2. The number of carbonyl (C=O) groups is 2. The molecule has 1 saturated heterocycles. The van der Waals surface area contributed by atoms with Crippen molar-refractivity contribution in [2.45, 2.75) is 31.2 Å².